The van der Waals surface area contributed by atoms with Crippen LogP contribution in [0.3, 0.4) is 0 Å². The molecule has 1 aliphatic rings. The molecule has 1 fully saturated rings. The van der Waals surface area contributed by atoms with E-state index in [0.717, 1.165) is 11.3 Å². The molecule has 0 radical (unpaired) electrons. The highest BCUT2D eigenvalue weighted by Gasteiger charge is 2.34. The molecule has 1 unspecified atom stereocenters. The lowest BCUT2D eigenvalue weighted by molar-refractivity contribution is 0.0701. The van der Waals surface area contributed by atoms with E-state index in [1.54, 1.807) is 17.0 Å². The Bertz CT molecular complexity index is 942. The lowest BCUT2D eigenvalue weighted by Crippen LogP contribution is -2.41. The van der Waals surface area contributed by atoms with Crippen molar-refractivity contribution >= 4 is 27.2 Å². The summed E-state index contributed by atoms with van der Waals surface area (Å²) in [6.07, 6.45) is 0.474. The molecule has 8 heteroatoms. The zero-order chi connectivity index (χ0) is 19.6. The average Bonchev–Trinajstić information content (AvgIpc) is 2.98. The van der Waals surface area contributed by atoms with Crippen molar-refractivity contribution in [2.45, 2.75) is 33.2 Å². The first-order valence-electron chi connectivity index (χ1n) is 8.98. The van der Waals surface area contributed by atoms with Crippen molar-refractivity contribution in [1.82, 2.24) is 15.1 Å². The Labute approximate surface area is 159 Å². The van der Waals surface area contributed by atoms with E-state index >= 15 is 0 Å². The summed E-state index contributed by atoms with van der Waals surface area (Å²) in [6.45, 7) is 6.32. The summed E-state index contributed by atoms with van der Waals surface area (Å²) in [5.41, 5.74) is 3.42. The van der Waals surface area contributed by atoms with Crippen LogP contribution in [0.2, 0.25) is 0 Å². The molecule has 3 rings (SSSR count). The second-order valence-electron chi connectivity index (χ2n) is 6.90. The maximum absolute atomic E-state index is 12.7. The van der Waals surface area contributed by atoms with Gasteiger partial charge in [-0.15, -0.1) is 10.2 Å². The molecular formula is C19H24N4O3S. The van der Waals surface area contributed by atoms with Gasteiger partial charge in [-0.3, -0.25) is 4.79 Å². The van der Waals surface area contributed by atoms with Crippen LogP contribution in [0, 0.1) is 13.8 Å². The van der Waals surface area contributed by atoms with Crippen molar-refractivity contribution < 1.29 is 13.2 Å². The Morgan fingerprint density at radius 3 is 2.56 bits per heavy atom. The summed E-state index contributed by atoms with van der Waals surface area (Å²) in [4.78, 5) is 14.3. The van der Waals surface area contributed by atoms with Gasteiger partial charge in [0, 0.05) is 18.3 Å². The molecule has 27 heavy (non-hydrogen) atoms. The quantitative estimate of drug-likeness (QED) is 0.846. The van der Waals surface area contributed by atoms with Crippen molar-refractivity contribution in [3.05, 3.63) is 47.2 Å². The third kappa shape index (κ3) is 4.44. The molecule has 1 aliphatic heterocycles. The Kier molecular flexibility index (Phi) is 5.46. The summed E-state index contributed by atoms with van der Waals surface area (Å²) in [5.74, 6) is 0.410. The number of benzene rings is 1. The molecule has 0 aliphatic carbocycles. The molecule has 1 N–H and O–H groups in total. The smallest absolute Gasteiger partial charge is 0.274 e. The lowest BCUT2D eigenvalue weighted by Gasteiger charge is -2.26. The van der Waals surface area contributed by atoms with Crippen molar-refractivity contribution in [3.63, 3.8) is 0 Å². The van der Waals surface area contributed by atoms with Crippen LogP contribution in [0.15, 0.2) is 30.3 Å². The SMILES string of the molecule is CCN(C(=O)c1ccc(Nc2ccc(C)cc2C)nn1)C1CCS(=O)(=O)C1. The van der Waals surface area contributed by atoms with Gasteiger partial charge >= 0.3 is 0 Å². The van der Waals surface area contributed by atoms with E-state index < -0.39 is 9.84 Å². The molecule has 1 atom stereocenters. The molecule has 1 saturated heterocycles. The van der Waals surface area contributed by atoms with E-state index in [0.29, 0.717) is 18.8 Å². The number of carbonyl (C=O) groups is 1. The van der Waals surface area contributed by atoms with E-state index in [1.165, 1.54) is 5.56 Å². The van der Waals surface area contributed by atoms with Crippen molar-refractivity contribution in [2.75, 3.05) is 23.4 Å². The summed E-state index contributed by atoms with van der Waals surface area (Å²) in [6, 6.07) is 9.09. The fourth-order valence-corrected chi connectivity index (χ4v) is 5.07. The predicted octanol–water partition coefficient (Wildman–Crippen LogP) is 2.49. The van der Waals surface area contributed by atoms with Crippen LogP contribution in [-0.4, -0.2) is 53.5 Å². The van der Waals surface area contributed by atoms with Crippen molar-refractivity contribution in [3.8, 4) is 0 Å². The van der Waals surface area contributed by atoms with E-state index in [-0.39, 0.29) is 29.1 Å². The number of nitrogens with zero attached hydrogens (tertiary/aromatic N) is 3. The zero-order valence-electron chi connectivity index (χ0n) is 15.8. The number of hydrogen-bond acceptors (Lipinski definition) is 6. The summed E-state index contributed by atoms with van der Waals surface area (Å²) in [7, 11) is -3.05. The number of aryl methyl sites for hydroxylation is 2. The molecule has 1 amide bonds. The van der Waals surface area contributed by atoms with Crippen molar-refractivity contribution in [2.24, 2.45) is 0 Å². The van der Waals surface area contributed by atoms with Crippen molar-refractivity contribution in [1.29, 1.82) is 0 Å². The number of nitrogens with one attached hydrogen (secondary N) is 1. The van der Waals surface area contributed by atoms with Crippen LogP contribution >= 0.6 is 0 Å². The number of hydrogen-bond donors (Lipinski definition) is 1. The minimum atomic E-state index is -3.05. The standard InChI is InChI=1S/C19H24N4O3S/c1-4-23(15-9-10-27(25,26)12-15)19(24)17-7-8-18(22-21-17)20-16-6-5-13(2)11-14(16)3/h5-8,11,15H,4,9-10,12H2,1-3H3,(H,20,22). The van der Waals surface area contributed by atoms with Gasteiger partial charge in [0.15, 0.2) is 21.3 Å². The second kappa shape index (κ2) is 7.64. The Morgan fingerprint density at radius 1 is 1.22 bits per heavy atom. The second-order valence-corrected chi connectivity index (χ2v) is 9.12. The third-order valence-corrected chi connectivity index (χ3v) is 6.53. The van der Waals surface area contributed by atoms with Gasteiger partial charge in [0.2, 0.25) is 0 Å². The first-order chi connectivity index (χ1) is 12.8. The van der Waals surface area contributed by atoms with Crippen LogP contribution in [-0.2, 0) is 9.84 Å². The van der Waals surface area contributed by atoms with Gasteiger partial charge < -0.3 is 10.2 Å². The van der Waals surface area contributed by atoms with E-state index in [1.807, 2.05) is 32.9 Å². The molecule has 0 spiro atoms. The van der Waals surface area contributed by atoms with Gasteiger partial charge in [-0.1, -0.05) is 17.7 Å². The number of amides is 1. The monoisotopic (exact) mass is 388 g/mol. The normalized spacial score (nSPS) is 18.3. The Hall–Kier alpha value is -2.48. The highest BCUT2D eigenvalue weighted by Crippen LogP contribution is 2.21. The highest BCUT2D eigenvalue weighted by molar-refractivity contribution is 7.91. The molecule has 0 saturated carbocycles. The minimum absolute atomic E-state index is 0.0202. The predicted molar refractivity (Wildman–Crippen MR) is 105 cm³/mol. The molecule has 2 aromatic rings. The first kappa shape index (κ1) is 19.3. The average molecular weight is 388 g/mol. The van der Waals surface area contributed by atoms with Crippen LogP contribution in [0.4, 0.5) is 11.5 Å². The van der Waals surface area contributed by atoms with Gasteiger partial charge in [0.05, 0.1) is 11.5 Å². The highest BCUT2D eigenvalue weighted by atomic mass is 32.2. The lowest BCUT2D eigenvalue weighted by atomic mass is 10.1. The summed E-state index contributed by atoms with van der Waals surface area (Å²) in [5, 5.41) is 11.3. The number of anilines is 2. The number of sulfone groups is 1. The fourth-order valence-electron chi connectivity index (χ4n) is 3.34. The number of rotatable bonds is 5. The Morgan fingerprint density at radius 2 is 2.00 bits per heavy atom. The maximum atomic E-state index is 12.7. The zero-order valence-corrected chi connectivity index (χ0v) is 16.6. The largest absolute Gasteiger partial charge is 0.339 e. The molecule has 144 valence electrons. The van der Waals surface area contributed by atoms with Crippen LogP contribution in [0.1, 0.15) is 35.0 Å². The van der Waals surface area contributed by atoms with Gasteiger partial charge in [-0.05, 0) is 51.0 Å². The van der Waals surface area contributed by atoms with Crippen LogP contribution in [0.5, 0.6) is 0 Å². The first-order valence-corrected chi connectivity index (χ1v) is 10.8. The third-order valence-electron chi connectivity index (χ3n) is 4.78. The molecule has 2 heterocycles. The molecule has 1 aromatic heterocycles. The molecule has 0 bridgehead atoms. The van der Waals surface area contributed by atoms with Crippen LogP contribution in [0.25, 0.3) is 0 Å². The number of aromatic nitrogens is 2. The Balaban J connectivity index is 1.73. The van der Waals surface area contributed by atoms with E-state index in [2.05, 4.69) is 21.6 Å². The van der Waals surface area contributed by atoms with Gasteiger partial charge in [-0.25, -0.2) is 8.42 Å². The molecule has 7 nitrogen and oxygen atoms in total. The van der Waals surface area contributed by atoms with Gasteiger partial charge in [0.25, 0.3) is 5.91 Å². The minimum Gasteiger partial charge on any atom is -0.339 e. The maximum Gasteiger partial charge on any atom is 0.274 e. The summed E-state index contributed by atoms with van der Waals surface area (Å²) >= 11 is 0. The summed E-state index contributed by atoms with van der Waals surface area (Å²) < 4.78 is 23.4. The fraction of sp³-hybridized carbons (Fsp3) is 0.421. The van der Waals surface area contributed by atoms with E-state index in [9.17, 15) is 13.2 Å². The number of carbonyl (C=O) groups excluding carboxylic acids is 1. The van der Waals surface area contributed by atoms with Gasteiger partial charge in [0.1, 0.15) is 0 Å². The van der Waals surface area contributed by atoms with Gasteiger partial charge in [-0.2, -0.15) is 0 Å². The molecular weight excluding hydrogens is 364 g/mol. The van der Waals surface area contributed by atoms with E-state index in [4.69, 9.17) is 0 Å². The van der Waals surface area contributed by atoms with Crippen LogP contribution < -0.4 is 5.32 Å². The topological polar surface area (TPSA) is 92.3 Å². The molecule has 1 aromatic carbocycles.